The van der Waals surface area contributed by atoms with Gasteiger partial charge in [0.2, 0.25) is 0 Å². The average Bonchev–Trinajstić information content (AvgIpc) is 2.71. The molecule has 3 aromatic rings. The van der Waals surface area contributed by atoms with E-state index in [1.165, 1.54) is 17.0 Å². The van der Waals surface area contributed by atoms with E-state index in [1.54, 1.807) is 66.9 Å². The number of ether oxygens (including phenoxy) is 1. The SMILES string of the molecule is C=CCOc1ccc(C(=O)N(Cc2cccc(F)c2)c2ccccn2)cc1. The van der Waals surface area contributed by atoms with Gasteiger partial charge in [0, 0.05) is 11.8 Å². The number of halogens is 1. The Hall–Kier alpha value is -3.47. The van der Waals surface area contributed by atoms with Gasteiger partial charge >= 0.3 is 0 Å². The molecule has 0 saturated heterocycles. The second-order valence-electron chi connectivity index (χ2n) is 5.83. The summed E-state index contributed by atoms with van der Waals surface area (Å²) in [7, 11) is 0. The Morgan fingerprint density at radius 2 is 1.93 bits per heavy atom. The van der Waals surface area contributed by atoms with Crippen molar-refractivity contribution in [2.75, 3.05) is 11.5 Å². The quantitative estimate of drug-likeness (QED) is 0.576. The normalized spacial score (nSPS) is 10.3. The number of rotatable bonds is 7. The summed E-state index contributed by atoms with van der Waals surface area (Å²) in [5.74, 6) is 0.581. The van der Waals surface area contributed by atoms with E-state index >= 15 is 0 Å². The number of amides is 1. The number of hydrogen-bond donors (Lipinski definition) is 0. The van der Waals surface area contributed by atoms with Crippen molar-refractivity contribution in [3.8, 4) is 5.75 Å². The molecule has 0 atom stereocenters. The molecule has 0 radical (unpaired) electrons. The van der Waals surface area contributed by atoms with Crippen LogP contribution in [0.4, 0.5) is 10.2 Å². The van der Waals surface area contributed by atoms with Crippen molar-refractivity contribution >= 4 is 11.7 Å². The molecule has 1 amide bonds. The van der Waals surface area contributed by atoms with E-state index < -0.39 is 0 Å². The van der Waals surface area contributed by atoms with Crippen LogP contribution in [0.5, 0.6) is 5.75 Å². The van der Waals surface area contributed by atoms with Gasteiger partial charge in [-0.1, -0.05) is 30.9 Å². The lowest BCUT2D eigenvalue weighted by Gasteiger charge is -2.22. The summed E-state index contributed by atoms with van der Waals surface area (Å²) in [5.41, 5.74) is 1.17. The van der Waals surface area contributed by atoms with Gasteiger partial charge in [-0.25, -0.2) is 9.37 Å². The Labute approximate surface area is 157 Å². The summed E-state index contributed by atoms with van der Waals surface area (Å²) in [6, 6.07) is 18.4. The first-order chi connectivity index (χ1) is 13.2. The Kier molecular flexibility index (Phi) is 5.94. The molecule has 0 saturated carbocycles. The first-order valence-electron chi connectivity index (χ1n) is 8.48. The monoisotopic (exact) mass is 362 g/mol. The molecule has 2 aromatic carbocycles. The number of carbonyl (C=O) groups is 1. The number of anilines is 1. The zero-order chi connectivity index (χ0) is 19.1. The average molecular weight is 362 g/mol. The Bertz CT molecular complexity index is 911. The van der Waals surface area contributed by atoms with E-state index in [4.69, 9.17) is 4.74 Å². The van der Waals surface area contributed by atoms with Gasteiger partial charge < -0.3 is 4.74 Å². The van der Waals surface area contributed by atoms with Crippen LogP contribution in [0, 0.1) is 5.82 Å². The maximum absolute atomic E-state index is 13.6. The minimum atomic E-state index is -0.343. The summed E-state index contributed by atoms with van der Waals surface area (Å²) in [6.45, 7) is 4.21. The van der Waals surface area contributed by atoms with Crippen LogP contribution in [0.2, 0.25) is 0 Å². The molecule has 0 spiro atoms. The smallest absolute Gasteiger partial charge is 0.259 e. The third-order valence-corrected chi connectivity index (χ3v) is 3.87. The minimum Gasteiger partial charge on any atom is -0.490 e. The van der Waals surface area contributed by atoms with Crippen LogP contribution < -0.4 is 9.64 Å². The van der Waals surface area contributed by atoms with Crippen LogP contribution in [0.25, 0.3) is 0 Å². The van der Waals surface area contributed by atoms with Crippen molar-refractivity contribution in [3.63, 3.8) is 0 Å². The summed E-state index contributed by atoms with van der Waals surface area (Å²) in [5, 5.41) is 0. The molecule has 4 nitrogen and oxygen atoms in total. The highest BCUT2D eigenvalue weighted by Crippen LogP contribution is 2.20. The molecule has 1 heterocycles. The molecule has 5 heteroatoms. The highest BCUT2D eigenvalue weighted by atomic mass is 19.1. The molecular weight excluding hydrogens is 343 g/mol. The molecule has 136 valence electrons. The lowest BCUT2D eigenvalue weighted by Crippen LogP contribution is -2.31. The highest BCUT2D eigenvalue weighted by molar-refractivity contribution is 6.05. The summed E-state index contributed by atoms with van der Waals surface area (Å²) in [6.07, 6.45) is 3.27. The standard InChI is InChI=1S/C22H19FN2O2/c1-2-14-27-20-11-9-18(10-12-20)22(26)25(21-8-3-4-13-24-21)16-17-6-5-7-19(23)15-17/h2-13,15H,1,14,16H2. The van der Waals surface area contributed by atoms with Crippen molar-refractivity contribution in [2.24, 2.45) is 0 Å². The Morgan fingerprint density at radius 1 is 1.11 bits per heavy atom. The van der Waals surface area contributed by atoms with Crippen LogP contribution >= 0.6 is 0 Å². The van der Waals surface area contributed by atoms with Gasteiger partial charge in [0.15, 0.2) is 0 Å². The molecule has 0 unspecified atom stereocenters. The van der Waals surface area contributed by atoms with Crippen LogP contribution in [-0.2, 0) is 6.54 Å². The van der Waals surface area contributed by atoms with E-state index in [1.807, 2.05) is 0 Å². The third-order valence-electron chi connectivity index (χ3n) is 3.87. The Balaban J connectivity index is 1.87. The zero-order valence-electron chi connectivity index (χ0n) is 14.7. The predicted molar refractivity (Wildman–Crippen MR) is 103 cm³/mol. The Morgan fingerprint density at radius 3 is 2.59 bits per heavy atom. The van der Waals surface area contributed by atoms with Gasteiger partial charge in [-0.3, -0.25) is 9.69 Å². The first-order valence-corrected chi connectivity index (χ1v) is 8.48. The zero-order valence-corrected chi connectivity index (χ0v) is 14.7. The lowest BCUT2D eigenvalue weighted by atomic mass is 10.1. The highest BCUT2D eigenvalue weighted by Gasteiger charge is 2.19. The van der Waals surface area contributed by atoms with Crippen molar-refractivity contribution < 1.29 is 13.9 Å². The van der Waals surface area contributed by atoms with Crippen LogP contribution in [-0.4, -0.2) is 17.5 Å². The molecular formula is C22H19FN2O2. The molecule has 1 aromatic heterocycles. The predicted octanol–water partition coefficient (Wildman–Crippen LogP) is 4.63. The summed E-state index contributed by atoms with van der Waals surface area (Å²) >= 11 is 0. The fraction of sp³-hybridized carbons (Fsp3) is 0.0909. The van der Waals surface area contributed by atoms with Crippen molar-refractivity contribution in [1.82, 2.24) is 4.98 Å². The molecule has 3 rings (SSSR count). The topological polar surface area (TPSA) is 42.4 Å². The van der Waals surface area contributed by atoms with Gasteiger partial charge in [0.25, 0.3) is 5.91 Å². The second kappa shape index (κ2) is 8.76. The minimum absolute atomic E-state index is 0.211. The number of pyridine rings is 1. The molecule has 0 aliphatic rings. The fourth-order valence-corrected chi connectivity index (χ4v) is 2.59. The maximum Gasteiger partial charge on any atom is 0.259 e. The summed E-state index contributed by atoms with van der Waals surface area (Å²) < 4.78 is 19.0. The van der Waals surface area contributed by atoms with Gasteiger partial charge in [0.1, 0.15) is 24.0 Å². The van der Waals surface area contributed by atoms with E-state index in [0.717, 1.165) is 0 Å². The first kappa shape index (κ1) is 18.3. The second-order valence-corrected chi connectivity index (χ2v) is 5.83. The number of carbonyl (C=O) groups excluding carboxylic acids is 1. The van der Waals surface area contributed by atoms with Crippen molar-refractivity contribution in [3.05, 3.63) is 103 Å². The summed E-state index contributed by atoms with van der Waals surface area (Å²) in [4.78, 5) is 18.9. The van der Waals surface area contributed by atoms with Gasteiger partial charge in [-0.15, -0.1) is 0 Å². The maximum atomic E-state index is 13.6. The third kappa shape index (κ3) is 4.79. The van der Waals surface area contributed by atoms with Crippen LogP contribution in [0.15, 0.2) is 85.6 Å². The number of nitrogens with zero attached hydrogens (tertiary/aromatic N) is 2. The van der Waals surface area contributed by atoms with E-state index in [0.29, 0.717) is 29.3 Å². The largest absolute Gasteiger partial charge is 0.490 e. The lowest BCUT2D eigenvalue weighted by molar-refractivity contribution is 0.0984. The van der Waals surface area contributed by atoms with Gasteiger partial charge in [-0.2, -0.15) is 0 Å². The van der Waals surface area contributed by atoms with Gasteiger partial charge in [0.05, 0.1) is 6.54 Å². The van der Waals surface area contributed by atoms with E-state index in [2.05, 4.69) is 11.6 Å². The molecule has 0 aliphatic heterocycles. The molecule has 0 fully saturated rings. The van der Waals surface area contributed by atoms with Crippen molar-refractivity contribution in [2.45, 2.75) is 6.54 Å². The molecule has 0 aliphatic carbocycles. The molecule has 0 bridgehead atoms. The van der Waals surface area contributed by atoms with Crippen molar-refractivity contribution in [1.29, 1.82) is 0 Å². The molecule has 27 heavy (non-hydrogen) atoms. The van der Waals surface area contributed by atoms with Gasteiger partial charge in [-0.05, 0) is 54.1 Å². The van der Waals surface area contributed by atoms with E-state index in [-0.39, 0.29) is 18.3 Å². The van der Waals surface area contributed by atoms with E-state index in [9.17, 15) is 9.18 Å². The number of hydrogen-bond acceptors (Lipinski definition) is 3. The van der Waals surface area contributed by atoms with Crippen LogP contribution in [0.1, 0.15) is 15.9 Å². The number of benzene rings is 2. The fourth-order valence-electron chi connectivity index (χ4n) is 2.59. The van der Waals surface area contributed by atoms with Crippen LogP contribution in [0.3, 0.4) is 0 Å². The molecule has 0 N–H and O–H groups in total. The number of aromatic nitrogens is 1.